The summed E-state index contributed by atoms with van der Waals surface area (Å²) < 4.78 is 5.38. The molecule has 0 unspecified atom stereocenters. The number of hydrogen-bond acceptors (Lipinski definition) is 3. The predicted molar refractivity (Wildman–Crippen MR) is 79.7 cm³/mol. The van der Waals surface area contributed by atoms with Crippen LogP contribution in [0.2, 0.25) is 10.0 Å². The van der Waals surface area contributed by atoms with Crippen molar-refractivity contribution in [2.75, 3.05) is 32.9 Å². The number of hydrogen-bond donors (Lipinski definition) is 1. The number of nitrogens with one attached hydrogen (secondary N) is 1. The van der Waals surface area contributed by atoms with Crippen LogP contribution >= 0.6 is 23.2 Å². The van der Waals surface area contributed by atoms with Crippen LogP contribution in [0.1, 0.15) is 0 Å². The Morgan fingerprint density at radius 3 is 2.62 bits per heavy atom. The van der Waals surface area contributed by atoms with Crippen molar-refractivity contribution in [1.29, 1.82) is 0 Å². The van der Waals surface area contributed by atoms with E-state index < -0.39 is 0 Å². The zero-order chi connectivity index (χ0) is 15.2. The normalized spacial score (nSPS) is 14.8. The Hall–Kier alpha value is -1.66. The molecule has 2 rings (SSSR count). The van der Waals surface area contributed by atoms with E-state index in [1.54, 1.807) is 28.0 Å². The zero-order valence-corrected chi connectivity index (χ0v) is 12.7. The van der Waals surface area contributed by atoms with Crippen molar-refractivity contribution in [2.45, 2.75) is 0 Å². The van der Waals surface area contributed by atoms with Crippen LogP contribution in [0, 0.1) is 0 Å². The molecule has 1 aromatic carbocycles. The van der Waals surface area contributed by atoms with Gasteiger partial charge in [0.1, 0.15) is 5.75 Å². The maximum absolute atomic E-state index is 11.9. The molecular weight excluding hydrogens is 317 g/mol. The summed E-state index contributed by atoms with van der Waals surface area (Å²) in [7, 11) is 0. The average Bonchev–Trinajstić information content (AvgIpc) is 2.49. The summed E-state index contributed by atoms with van der Waals surface area (Å²) >= 11 is 11.7. The Morgan fingerprint density at radius 1 is 1.29 bits per heavy atom. The molecule has 6 nitrogen and oxygen atoms in total. The SMILES string of the molecule is O=CN1CCN(C(=O)NCOc2ccc(Cl)cc2Cl)CC1. The van der Waals surface area contributed by atoms with E-state index in [-0.39, 0.29) is 12.8 Å². The van der Waals surface area contributed by atoms with Gasteiger partial charge in [-0.1, -0.05) is 23.2 Å². The molecular formula is C13H15Cl2N3O3. The van der Waals surface area contributed by atoms with Crippen molar-refractivity contribution in [2.24, 2.45) is 0 Å². The number of urea groups is 1. The van der Waals surface area contributed by atoms with Crippen molar-refractivity contribution in [3.8, 4) is 5.75 Å². The van der Waals surface area contributed by atoms with Crippen molar-refractivity contribution >= 4 is 35.6 Å². The minimum atomic E-state index is -0.231. The molecule has 3 amide bonds. The summed E-state index contributed by atoms with van der Waals surface area (Å²) in [6.07, 6.45) is 0.793. The number of rotatable bonds is 4. The molecule has 0 bridgehead atoms. The number of piperazine rings is 1. The van der Waals surface area contributed by atoms with Gasteiger partial charge in [-0.15, -0.1) is 0 Å². The minimum absolute atomic E-state index is 0.00802. The van der Waals surface area contributed by atoms with Crippen LogP contribution in [0.15, 0.2) is 18.2 Å². The van der Waals surface area contributed by atoms with Crippen molar-refractivity contribution in [3.63, 3.8) is 0 Å². The summed E-state index contributed by atoms with van der Waals surface area (Å²) in [5.41, 5.74) is 0. The van der Waals surface area contributed by atoms with E-state index in [2.05, 4.69) is 5.32 Å². The molecule has 1 fully saturated rings. The van der Waals surface area contributed by atoms with Crippen LogP contribution in [0.5, 0.6) is 5.75 Å². The smallest absolute Gasteiger partial charge is 0.320 e. The highest BCUT2D eigenvalue weighted by Gasteiger charge is 2.19. The van der Waals surface area contributed by atoms with Gasteiger partial charge in [-0.25, -0.2) is 4.79 Å². The van der Waals surface area contributed by atoms with Crippen molar-refractivity contribution < 1.29 is 14.3 Å². The van der Waals surface area contributed by atoms with E-state index in [0.29, 0.717) is 42.0 Å². The summed E-state index contributed by atoms with van der Waals surface area (Å²) in [6.45, 7) is 2.11. The first-order valence-corrected chi connectivity index (χ1v) is 7.15. The van der Waals surface area contributed by atoms with Crippen molar-refractivity contribution in [1.82, 2.24) is 15.1 Å². The molecule has 1 aliphatic rings. The van der Waals surface area contributed by atoms with Gasteiger partial charge in [0.25, 0.3) is 0 Å². The Morgan fingerprint density at radius 2 is 2.00 bits per heavy atom. The van der Waals surface area contributed by atoms with Crippen LogP contribution in [-0.2, 0) is 4.79 Å². The summed E-state index contributed by atoms with van der Waals surface area (Å²) in [5.74, 6) is 0.451. The fraction of sp³-hybridized carbons (Fsp3) is 0.385. The van der Waals surface area contributed by atoms with E-state index >= 15 is 0 Å². The molecule has 0 spiro atoms. The van der Waals surface area contributed by atoms with Gasteiger partial charge >= 0.3 is 6.03 Å². The molecule has 1 saturated heterocycles. The van der Waals surface area contributed by atoms with E-state index in [0.717, 1.165) is 6.41 Å². The van der Waals surface area contributed by atoms with E-state index in [1.165, 1.54) is 0 Å². The lowest BCUT2D eigenvalue weighted by Gasteiger charge is -2.32. The fourth-order valence-electron chi connectivity index (χ4n) is 1.91. The first kappa shape index (κ1) is 15.7. The molecule has 1 N–H and O–H groups in total. The highest BCUT2D eigenvalue weighted by atomic mass is 35.5. The summed E-state index contributed by atoms with van der Waals surface area (Å²) in [6, 6.07) is 4.63. The lowest BCUT2D eigenvalue weighted by atomic mass is 10.3. The molecule has 114 valence electrons. The molecule has 0 radical (unpaired) electrons. The second-order valence-electron chi connectivity index (χ2n) is 4.47. The van der Waals surface area contributed by atoms with Gasteiger partial charge in [-0.2, -0.15) is 0 Å². The van der Waals surface area contributed by atoms with Crippen LogP contribution in [0.3, 0.4) is 0 Å². The maximum atomic E-state index is 11.9. The molecule has 0 saturated carbocycles. The zero-order valence-electron chi connectivity index (χ0n) is 11.2. The van der Waals surface area contributed by atoms with Gasteiger partial charge in [-0.3, -0.25) is 4.79 Å². The van der Waals surface area contributed by atoms with Gasteiger partial charge in [0.15, 0.2) is 6.73 Å². The number of carbonyl (C=O) groups is 2. The Kier molecular flexibility index (Phi) is 5.52. The van der Waals surface area contributed by atoms with Crippen molar-refractivity contribution in [3.05, 3.63) is 28.2 Å². The number of amides is 3. The topological polar surface area (TPSA) is 61.9 Å². The van der Waals surface area contributed by atoms with Gasteiger partial charge < -0.3 is 19.9 Å². The third-order valence-corrected chi connectivity index (χ3v) is 3.63. The Labute approximate surface area is 132 Å². The second kappa shape index (κ2) is 7.38. The monoisotopic (exact) mass is 331 g/mol. The predicted octanol–water partition coefficient (Wildman–Crippen LogP) is 1.81. The van der Waals surface area contributed by atoms with Gasteiger partial charge in [0.2, 0.25) is 6.41 Å². The van der Waals surface area contributed by atoms with Crippen LogP contribution < -0.4 is 10.1 Å². The van der Waals surface area contributed by atoms with Crippen LogP contribution in [0.25, 0.3) is 0 Å². The van der Waals surface area contributed by atoms with Gasteiger partial charge in [0.05, 0.1) is 5.02 Å². The average molecular weight is 332 g/mol. The fourth-order valence-corrected chi connectivity index (χ4v) is 2.37. The number of halogens is 2. The highest BCUT2D eigenvalue weighted by Crippen LogP contribution is 2.27. The van der Waals surface area contributed by atoms with Gasteiger partial charge in [0, 0.05) is 31.2 Å². The lowest BCUT2D eigenvalue weighted by molar-refractivity contribution is -0.119. The Balaban J connectivity index is 1.75. The number of nitrogens with zero attached hydrogens (tertiary/aromatic N) is 2. The third kappa shape index (κ3) is 4.41. The third-order valence-electron chi connectivity index (χ3n) is 3.10. The summed E-state index contributed by atoms with van der Waals surface area (Å²) in [4.78, 5) is 25.7. The largest absolute Gasteiger partial charge is 0.472 e. The van der Waals surface area contributed by atoms with E-state index in [1.807, 2.05) is 0 Å². The quantitative estimate of drug-likeness (QED) is 0.676. The van der Waals surface area contributed by atoms with Crippen LogP contribution in [-0.4, -0.2) is 55.2 Å². The molecule has 1 aromatic rings. The Bertz CT molecular complexity index is 519. The van der Waals surface area contributed by atoms with E-state index in [9.17, 15) is 9.59 Å². The van der Waals surface area contributed by atoms with Gasteiger partial charge in [-0.05, 0) is 18.2 Å². The second-order valence-corrected chi connectivity index (χ2v) is 5.32. The lowest BCUT2D eigenvalue weighted by Crippen LogP contribution is -2.51. The molecule has 1 heterocycles. The summed E-state index contributed by atoms with van der Waals surface area (Å²) in [5, 5.41) is 3.55. The molecule has 0 aromatic heterocycles. The standard InChI is InChI=1S/C13H15Cl2N3O3/c14-10-1-2-12(11(15)7-10)21-8-16-13(20)18-5-3-17(9-19)4-6-18/h1-2,7,9H,3-6,8H2,(H,16,20). The number of benzene rings is 1. The first-order chi connectivity index (χ1) is 10.1. The number of ether oxygens (including phenoxy) is 1. The highest BCUT2D eigenvalue weighted by molar-refractivity contribution is 6.35. The maximum Gasteiger partial charge on any atom is 0.320 e. The molecule has 8 heteroatoms. The van der Waals surface area contributed by atoms with Crippen LogP contribution in [0.4, 0.5) is 4.79 Å². The molecule has 21 heavy (non-hydrogen) atoms. The first-order valence-electron chi connectivity index (χ1n) is 6.40. The molecule has 0 atom stereocenters. The van der Waals surface area contributed by atoms with E-state index in [4.69, 9.17) is 27.9 Å². The minimum Gasteiger partial charge on any atom is -0.472 e. The molecule has 1 aliphatic heterocycles. The molecule has 0 aliphatic carbocycles. The number of carbonyl (C=O) groups excluding carboxylic acids is 2.